The number of nitrogens with zero attached hydrogens (tertiary/aromatic N) is 2. The lowest BCUT2D eigenvalue weighted by atomic mass is 9.98. The summed E-state index contributed by atoms with van der Waals surface area (Å²) in [7, 11) is -3.45. The van der Waals surface area contributed by atoms with Crippen LogP contribution in [0.1, 0.15) is 17.0 Å². The van der Waals surface area contributed by atoms with Gasteiger partial charge in [0, 0.05) is 22.4 Å². The SMILES string of the molecule is Cc1ccccc1-n1nc(C)c(-c2ccc3c(c2)-c2ccccc2S3(=O)=O)c1C. The van der Waals surface area contributed by atoms with E-state index in [0.29, 0.717) is 9.79 Å². The summed E-state index contributed by atoms with van der Waals surface area (Å²) in [6.07, 6.45) is 0. The van der Waals surface area contributed by atoms with Crippen molar-refractivity contribution < 1.29 is 8.42 Å². The minimum absolute atomic E-state index is 0.379. The van der Waals surface area contributed by atoms with Crippen molar-refractivity contribution in [1.29, 1.82) is 0 Å². The van der Waals surface area contributed by atoms with Gasteiger partial charge in [0.05, 0.1) is 21.2 Å². The number of sulfone groups is 1. The molecular formula is C24H20N2O2S. The maximum atomic E-state index is 12.9. The Balaban J connectivity index is 1.72. The van der Waals surface area contributed by atoms with Crippen LogP contribution in [0.5, 0.6) is 0 Å². The Morgan fingerprint density at radius 3 is 2.28 bits per heavy atom. The Hall–Kier alpha value is -3.18. The lowest BCUT2D eigenvalue weighted by Crippen LogP contribution is -2.01. The quantitative estimate of drug-likeness (QED) is 0.405. The summed E-state index contributed by atoms with van der Waals surface area (Å²) >= 11 is 0. The van der Waals surface area contributed by atoms with E-state index >= 15 is 0 Å². The highest BCUT2D eigenvalue weighted by Gasteiger charge is 2.33. The minimum Gasteiger partial charge on any atom is -0.237 e. The number of fused-ring (bicyclic) bond motifs is 3. The molecule has 0 aliphatic carbocycles. The van der Waals surface area contributed by atoms with E-state index in [9.17, 15) is 8.42 Å². The largest absolute Gasteiger partial charge is 0.237 e. The van der Waals surface area contributed by atoms with E-state index < -0.39 is 9.84 Å². The molecule has 1 aliphatic rings. The Bertz CT molecular complexity index is 1400. The first-order valence-corrected chi connectivity index (χ1v) is 11.0. The van der Waals surface area contributed by atoms with Gasteiger partial charge < -0.3 is 0 Å². The minimum atomic E-state index is -3.45. The summed E-state index contributed by atoms with van der Waals surface area (Å²) in [4.78, 5) is 0.764. The van der Waals surface area contributed by atoms with Crippen LogP contribution in [0.25, 0.3) is 27.9 Å². The van der Waals surface area contributed by atoms with E-state index in [2.05, 4.69) is 26.0 Å². The molecule has 0 unspecified atom stereocenters. The van der Waals surface area contributed by atoms with Gasteiger partial charge in [-0.15, -0.1) is 0 Å². The molecule has 0 fully saturated rings. The molecular weight excluding hydrogens is 380 g/mol. The standard InChI is InChI=1S/C24H20N2O2S/c1-15-8-4-6-10-21(15)26-17(3)24(16(2)25-26)18-12-13-23-20(14-18)19-9-5-7-11-22(19)29(23,27)28/h4-14H,1-3H3. The smallest absolute Gasteiger partial charge is 0.207 e. The van der Waals surface area contributed by atoms with Crippen molar-refractivity contribution in [3.63, 3.8) is 0 Å². The molecule has 5 rings (SSSR count). The molecule has 3 aromatic carbocycles. The van der Waals surface area contributed by atoms with Crippen LogP contribution >= 0.6 is 0 Å². The molecule has 29 heavy (non-hydrogen) atoms. The van der Waals surface area contributed by atoms with Gasteiger partial charge in [-0.05, 0) is 56.2 Å². The molecule has 2 heterocycles. The van der Waals surface area contributed by atoms with Gasteiger partial charge in [-0.2, -0.15) is 5.10 Å². The molecule has 4 nitrogen and oxygen atoms in total. The Morgan fingerprint density at radius 1 is 0.793 bits per heavy atom. The van der Waals surface area contributed by atoms with E-state index in [-0.39, 0.29) is 0 Å². The maximum Gasteiger partial charge on any atom is 0.207 e. The van der Waals surface area contributed by atoms with Crippen LogP contribution < -0.4 is 0 Å². The summed E-state index contributed by atoms with van der Waals surface area (Å²) in [6.45, 7) is 6.12. The van der Waals surface area contributed by atoms with Crippen molar-refractivity contribution in [2.45, 2.75) is 30.6 Å². The first-order valence-electron chi connectivity index (χ1n) is 9.51. The number of hydrogen-bond acceptors (Lipinski definition) is 3. The van der Waals surface area contributed by atoms with Crippen LogP contribution in [-0.2, 0) is 9.84 Å². The summed E-state index contributed by atoms with van der Waals surface area (Å²) in [5.41, 5.74) is 7.70. The highest BCUT2D eigenvalue weighted by molar-refractivity contribution is 7.92. The Kier molecular flexibility index (Phi) is 3.80. The first-order chi connectivity index (χ1) is 13.9. The van der Waals surface area contributed by atoms with Gasteiger partial charge in [-0.3, -0.25) is 0 Å². The Morgan fingerprint density at radius 2 is 1.48 bits per heavy atom. The van der Waals surface area contributed by atoms with Crippen LogP contribution in [0.3, 0.4) is 0 Å². The zero-order valence-electron chi connectivity index (χ0n) is 16.5. The predicted molar refractivity (Wildman–Crippen MR) is 114 cm³/mol. The second-order valence-electron chi connectivity index (χ2n) is 7.45. The van der Waals surface area contributed by atoms with Crippen molar-refractivity contribution in [2.75, 3.05) is 0 Å². The molecule has 0 atom stereocenters. The number of aryl methyl sites for hydroxylation is 2. The average molecular weight is 401 g/mol. The van der Waals surface area contributed by atoms with Crippen molar-refractivity contribution in [3.05, 3.63) is 83.7 Å². The maximum absolute atomic E-state index is 12.9. The first kappa shape index (κ1) is 17.9. The molecule has 1 aliphatic heterocycles. The van der Waals surface area contributed by atoms with Gasteiger partial charge in [-0.25, -0.2) is 13.1 Å². The summed E-state index contributed by atoms with van der Waals surface area (Å²) in [5, 5.41) is 4.78. The molecule has 0 saturated heterocycles. The summed E-state index contributed by atoms with van der Waals surface area (Å²) in [6, 6.07) is 21.0. The fourth-order valence-electron chi connectivity index (χ4n) is 4.27. The third-order valence-corrected chi connectivity index (χ3v) is 7.53. The molecule has 1 aromatic heterocycles. The van der Waals surface area contributed by atoms with Crippen LogP contribution in [0.4, 0.5) is 0 Å². The second-order valence-corrected chi connectivity index (χ2v) is 9.34. The predicted octanol–water partition coefficient (Wildman–Crippen LogP) is 5.28. The average Bonchev–Trinajstić information content (AvgIpc) is 3.13. The molecule has 0 amide bonds. The highest BCUT2D eigenvalue weighted by Crippen LogP contribution is 2.45. The lowest BCUT2D eigenvalue weighted by molar-refractivity contribution is 0.598. The van der Waals surface area contributed by atoms with Gasteiger partial charge in [0.2, 0.25) is 9.84 Å². The van der Waals surface area contributed by atoms with Gasteiger partial charge >= 0.3 is 0 Å². The van der Waals surface area contributed by atoms with Crippen molar-refractivity contribution >= 4 is 9.84 Å². The molecule has 0 N–H and O–H groups in total. The third kappa shape index (κ3) is 2.51. The second kappa shape index (κ2) is 6.16. The van der Waals surface area contributed by atoms with Gasteiger partial charge in [0.1, 0.15) is 0 Å². The fraction of sp³-hybridized carbons (Fsp3) is 0.125. The molecule has 144 valence electrons. The molecule has 4 aromatic rings. The van der Waals surface area contributed by atoms with E-state index in [0.717, 1.165) is 44.9 Å². The number of hydrogen-bond donors (Lipinski definition) is 0. The van der Waals surface area contributed by atoms with Crippen LogP contribution in [0, 0.1) is 20.8 Å². The number of benzene rings is 3. The van der Waals surface area contributed by atoms with E-state index in [1.54, 1.807) is 18.2 Å². The van der Waals surface area contributed by atoms with Gasteiger partial charge in [0.25, 0.3) is 0 Å². The summed E-state index contributed by atoms with van der Waals surface area (Å²) < 4.78 is 27.7. The van der Waals surface area contributed by atoms with Crippen LogP contribution in [0.2, 0.25) is 0 Å². The number of para-hydroxylation sites is 1. The zero-order valence-corrected chi connectivity index (χ0v) is 17.3. The Labute approximate surface area is 170 Å². The lowest BCUT2D eigenvalue weighted by Gasteiger charge is -2.09. The fourth-order valence-corrected chi connectivity index (χ4v) is 5.94. The number of aromatic nitrogens is 2. The zero-order chi connectivity index (χ0) is 20.3. The van der Waals surface area contributed by atoms with E-state index in [1.165, 1.54) is 0 Å². The monoisotopic (exact) mass is 400 g/mol. The van der Waals surface area contributed by atoms with E-state index in [4.69, 9.17) is 5.10 Å². The van der Waals surface area contributed by atoms with Crippen molar-refractivity contribution in [2.24, 2.45) is 0 Å². The molecule has 0 bridgehead atoms. The topological polar surface area (TPSA) is 52.0 Å². The normalized spacial score (nSPS) is 13.9. The molecule has 5 heteroatoms. The highest BCUT2D eigenvalue weighted by atomic mass is 32.2. The van der Waals surface area contributed by atoms with Crippen LogP contribution in [0.15, 0.2) is 76.5 Å². The van der Waals surface area contributed by atoms with Crippen molar-refractivity contribution in [1.82, 2.24) is 9.78 Å². The number of rotatable bonds is 2. The van der Waals surface area contributed by atoms with E-state index in [1.807, 2.05) is 48.0 Å². The molecule has 0 spiro atoms. The molecule has 0 saturated carbocycles. The van der Waals surface area contributed by atoms with Crippen molar-refractivity contribution in [3.8, 4) is 27.9 Å². The third-order valence-electron chi connectivity index (χ3n) is 5.66. The van der Waals surface area contributed by atoms with Gasteiger partial charge in [-0.1, -0.05) is 42.5 Å². The van der Waals surface area contributed by atoms with Crippen LogP contribution in [-0.4, -0.2) is 18.2 Å². The van der Waals surface area contributed by atoms with Gasteiger partial charge in [0.15, 0.2) is 0 Å². The molecule has 0 radical (unpaired) electrons. The summed E-state index contributed by atoms with van der Waals surface area (Å²) in [5.74, 6) is 0.